The van der Waals surface area contributed by atoms with Crippen molar-refractivity contribution in [3.63, 3.8) is 0 Å². The molecule has 29 heavy (non-hydrogen) atoms. The highest BCUT2D eigenvalue weighted by molar-refractivity contribution is 5.97. The number of fused-ring (bicyclic) bond motifs is 2. The Morgan fingerprint density at radius 1 is 1.24 bits per heavy atom. The van der Waals surface area contributed by atoms with E-state index in [9.17, 15) is 14.4 Å². The van der Waals surface area contributed by atoms with Crippen LogP contribution in [0.4, 0.5) is 0 Å². The zero-order valence-electron chi connectivity index (χ0n) is 15.7. The van der Waals surface area contributed by atoms with Crippen LogP contribution in [0.2, 0.25) is 0 Å². The third-order valence-electron chi connectivity index (χ3n) is 5.51. The van der Waals surface area contributed by atoms with E-state index in [-0.39, 0.29) is 30.3 Å². The molecule has 2 atom stereocenters. The Kier molecular flexibility index (Phi) is 3.86. The lowest BCUT2D eigenvalue weighted by Crippen LogP contribution is -2.55. The molecular weight excluding hydrogens is 374 g/mol. The van der Waals surface area contributed by atoms with Gasteiger partial charge in [-0.05, 0) is 30.7 Å². The molecule has 10 nitrogen and oxygen atoms in total. The summed E-state index contributed by atoms with van der Waals surface area (Å²) < 4.78 is 3.71. The molecule has 3 aromatic rings. The van der Waals surface area contributed by atoms with E-state index >= 15 is 0 Å². The van der Waals surface area contributed by atoms with Crippen LogP contribution in [-0.4, -0.2) is 67.0 Å². The maximum atomic E-state index is 12.8. The highest BCUT2D eigenvalue weighted by Gasteiger charge is 2.42. The van der Waals surface area contributed by atoms with E-state index in [1.54, 1.807) is 27.6 Å². The minimum absolute atomic E-state index is 0.0161. The number of aromatic nitrogens is 4. The third kappa shape index (κ3) is 2.84. The van der Waals surface area contributed by atoms with Crippen molar-refractivity contribution >= 4 is 23.4 Å². The summed E-state index contributed by atoms with van der Waals surface area (Å²) in [6.07, 6.45) is 4.03. The van der Waals surface area contributed by atoms with Crippen molar-refractivity contribution in [1.29, 1.82) is 0 Å². The van der Waals surface area contributed by atoms with E-state index < -0.39 is 6.04 Å². The fourth-order valence-electron chi connectivity index (χ4n) is 4.01. The first-order valence-electron chi connectivity index (χ1n) is 9.36. The van der Waals surface area contributed by atoms with Crippen LogP contribution in [0.25, 0.3) is 17.2 Å². The summed E-state index contributed by atoms with van der Waals surface area (Å²) in [6.45, 7) is 0.356. The van der Waals surface area contributed by atoms with Gasteiger partial charge in [-0.2, -0.15) is 0 Å². The van der Waals surface area contributed by atoms with Gasteiger partial charge in [-0.3, -0.25) is 18.8 Å². The number of aryl methyl sites for hydroxylation is 1. The lowest BCUT2D eigenvalue weighted by molar-refractivity contribution is -0.143. The molecule has 0 unspecified atom stereocenters. The molecule has 148 valence electrons. The van der Waals surface area contributed by atoms with Crippen LogP contribution in [0.5, 0.6) is 0 Å². The molecule has 10 heteroatoms. The molecule has 2 fully saturated rings. The number of hydrogen-bond donors (Lipinski definition) is 2. The van der Waals surface area contributed by atoms with Gasteiger partial charge in [0.2, 0.25) is 11.8 Å². The molecule has 0 aliphatic carbocycles. The van der Waals surface area contributed by atoms with E-state index in [1.165, 1.54) is 0 Å². The number of carbonyl (C=O) groups excluding carboxylic acids is 3. The van der Waals surface area contributed by atoms with Crippen molar-refractivity contribution in [3.8, 4) is 11.5 Å². The summed E-state index contributed by atoms with van der Waals surface area (Å²) in [6, 6.07) is 6.49. The number of hydrogen-bond acceptors (Lipinski definition) is 5. The molecule has 0 bridgehead atoms. The molecule has 5 rings (SSSR count). The van der Waals surface area contributed by atoms with Crippen LogP contribution < -0.4 is 10.6 Å². The van der Waals surface area contributed by atoms with E-state index in [0.717, 1.165) is 5.69 Å². The van der Waals surface area contributed by atoms with Crippen LogP contribution >= 0.6 is 0 Å². The fraction of sp³-hybridized carbons (Fsp3) is 0.316. The Balaban J connectivity index is 1.38. The second kappa shape index (κ2) is 6.43. The number of nitrogens with zero attached hydrogens (tertiary/aromatic N) is 5. The number of piperazine rings is 1. The van der Waals surface area contributed by atoms with Gasteiger partial charge in [0.15, 0.2) is 11.5 Å². The molecule has 0 aromatic carbocycles. The molecule has 2 aliphatic rings. The molecule has 3 amide bonds. The number of nitrogens with one attached hydrogen (secondary N) is 2. The summed E-state index contributed by atoms with van der Waals surface area (Å²) >= 11 is 0. The minimum Gasteiger partial charge on any atom is -0.348 e. The van der Waals surface area contributed by atoms with Gasteiger partial charge in [0, 0.05) is 32.0 Å². The molecule has 2 aliphatic heterocycles. The van der Waals surface area contributed by atoms with Crippen molar-refractivity contribution in [2.75, 3.05) is 13.1 Å². The second-order valence-electron chi connectivity index (χ2n) is 7.36. The summed E-state index contributed by atoms with van der Waals surface area (Å²) in [5, 5.41) is 13.9. The maximum Gasteiger partial charge on any atom is 0.253 e. The summed E-state index contributed by atoms with van der Waals surface area (Å²) in [5.74, 6) is 0.0856. The Morgan fingerprint density at radius 3 is 2.86 bits per heavy atom. The van der Waals surface area contributed by atoms with Gasteiger partial charge in [-0.1, -0.05) is 0 Å². The van der Waals surface area contributed by atoms with E-state index in [4.69, 9.17) is 0 Å². The molecule has 5 heterocycles. The van der Waals surface area contributed by atoms with Gasteiger partial charge in [0.1, 0.15) is 6.04 Å². The fourth-order valence-corrected chi connectivity index (χ4v) is 4.01. The standard InChI is InChI=1S/C19H19N7O3/c1-24-6-2-3-13(24)17-23-22-15-5-4-11(9-26(15)17)18(28)21-12-7-14-19(29)20-8-16(27)25(14)10-12/h2-6,9,12,14H,7-8,10H2,1H3,(H,20,29)(H,21,28)/t12-,14-/m0/s1. The van der Waals surface area contributed by atoms with Crippen LogP contribution in [0.3, 0.4) is 0 Å². The van der Waals surface area contributed by atoms with Gasteiger partial charge in [0.05, 0.1) is 17.8 Å². The summed E-state index contributed by atoms with van der Waals surface area (Å²) in [5.41, 5.74) is 1.97. The van der Waals surface area contributed by atoms with Gasteiger partial charge in [-0.25, -0.2) is 0 Å². The van der Waals surface area contributed by atoms with E-state index in [1.807, 2.05) is 29.9 Å². The number of amides is 3. The Bertz CT molecular complexity index is 1120. The summed E-state index contributed by atoms with van der Waals surface area (Å²) in [4.78, 5) is 38.3. The molecule has 2 saturated heterocycles. The van der Waals surface area contributed by atoms with Crippen LogP contribution in [0.1, 0.15) is 16.8 Å². The first-order chi connectivity index (χ1) is 14.0. The van der Waals surface area contributed by atoms with Crippen molar-refractivity contribution < 1.29 is 14.4 Å². The lowest BCUT2D eigenvalue weighted by Gasteiger charge is -2.28. The van der Waals surface area contributed by atoms with Crippen molar-refractivity contribution in [2.24, 2.45) is 7.05 Å². The average molecular weight is 393 g/mol. The molecule has 0 spiro atoms. The quantitative estimate of drug-likeness (QED) is 0.627. The van der Waals surface area contributed by atoms with Crippen LogP contribution in [-0.2, 0) is 16.6 Å². The van der Waals surface area contributed by atoms with Crippen molar-refractivity contribution in [3.05, 3.63) is 42.2 Å². The van der Waals surface area contributed by atoms with Crippen molar-refractivity contribution in [1.82, 2.24) is 34.7 Å². The van der Waals surface area contributed by atoms with E-state index in [2.05, 4.69) is 20.8 Å². The van der Waals surface area contributed by atoms with Gasteiger partial charge < -0.3 is 20.1 Å². The SMILES string of the molecule is Cn1cccc1-c1nnc2ccc(C(=O)N[C@H]3C[C@H]4C(=O)NCC(=O)N4C3)cn12. The first-order valence-corrected chi connectivity index (χ1v) is 9.36. The Morgan fingerprint density at radius 2 is 2.10 bits per heavy atom. The maximum absolute atomic E-state index is 12.8. The zero-order chi connectivity index (χ0) is 20.1. The molecule has 2 N–H and O–H groups in total. The van der Waals surface area contributed by atoms with Gasteiger partial charge in [0.25, 0.3) is 5.91 Å². The van der Waals surface area contributed by atoms with Gasteiger partial charge >= 0.3 is 0 Å². The predicted octanol–water partition coefficient (Wildman–Crippen LogP) is -0.436. The largest absolute Gasteiger partial charge is 0.348 e. The predicted molar refractivity (Wildman–Crippen MR) is 102 cm³/mol. The zero-order valence-corrected chi connectivity index (χ0v) is 15.7. The third-order valence-corrected chi connectivity index (χ3v) is 5.51. The van der Waals surface area contributed by atoms with Crippen molar-refractivity contribution in [2.45, 2.75) is 18.5 Å². The highest BCUT2D eigenvalue weighted by Crippen LogP contribution is 2.22. The van der Waals surface area contributed by atoms with Gasteiger partial charge in [-0.15, -0.1) is 10.2 Å². The minimum atomic E-state index is -0.508. The van der Waals surface area contributed by atoms with Crippen LogP contribution in [0, 0.1) is 0 Å². The average Bonchev–Trinajstić information content (AvgIpc) is 3.42. The number of carbonyl (C=O) groups is 3. The molecular formula is C19H19N7O3. The molecule has 0 radical (unpaired) electrons. The number of pyridine rings is 1. The van der Waals surface area contributed by atoms with E-state index in [0.29, 0.717) is 30.0 Å². The monoisotopic (exact) mass is 393 g/mol. The summed E-state index contributed by atoms with van der Waals surface area (Å²) in [7, 11) is 1.92. The Hall–Kier alpha value is -3.69. The number of rotatable bonds is 3. The highest BCUT2D eigenvalue weighted by atomic mass is 16.2. The first kappa shape index (κ1) is 17.4. The topological polar surface area (TPSA) is 114 Å². The molecule has 3 aromatic heterocycles. The Labute approximate surface area is 165 Å². The molecule has 0 saturated carbocycles. The van der Waals surface area contributed by atoms with Crippen LogP contribution in [0.15, 0.2) is 36.7 Å². The smallest absolute Gasteiger partial charge is 0.253 e. The normalized spacial score (nSPS) is 21.3. The lowest BCUT2D eigenvalue weighted by atomic mass is 10.1. The second-order valence-corrected chi connectivity index (χ2v) is 7.36.